The third kappa shape index (κ3) is 6.34. The second kappa shape index (κ2) is 11.6. The monoisotopic (exact) mass is 468 g/mol. The molecule has 0 bridgehead atoms. The molecule has 182 valence electrons. The van der Waals surface area contributed by atoms with Crippen LogP contribution in [0.5, 0.6) is 0 Å². The van der Waals surface area contributed by atoms with Crippen molar-refractivity contribution in [1.82, 2.24) is 10.2 Å². The zero-order valence-electron chi connectivity index (χ0n) is 19.9. The zero-order valence-corrected chi connectivity index (χ0v) is 19.9. The van der Waals surface area contributed by atoms with Gasteiger partial charge in [-0.2, -0.15) is 0 Å². The number of nitrogens with zero attached hydrogens (tertiary/aromatic N) is 1. The molecule has 2 aromatic carbocycles. The van der Waals surface area contributed by atoms with Gasteiger partial charge in [0.15, 0.2) is 6.61 Å². The number of carbonyl (C=O) groups excluding carboxylic acids is 4. The van der Waals surface area contributed by atoms with E-state index in [0.717, 1.165) is 16.3 Å². The molecule has 2 aromatic rings. The fraction of sp³-hybridized carbons (Fsp3) is 0.462. The largest absolute Gasteiger partial charge is 0.469 e. The Hall–Kier alpha value is -3.42. The number of hydrogen-bond donors (Lipinski definition) is 1. The number of piperidine rings is 1. The van der Waals surface area contributed by atoms with Crippen molar-refractivity contribution in [3.63, 3.8) is 0 Å². The smallest absolute Gasteiger partial charge is 0.329 e. The number of benzene rings is 2. The van der Waals surface area contributed by atoms with E-state index in [0.29, 0.717) is 25.9 Å². The van der Waals surface area contributed by atoms with E-state index in [4.69, 9.17) is 9.47 Å². The standard InChI is InChI=1S/C26H32N2O6/c1-17(2)24(27-22(29)15-20-9-6-8-18-7-4-5-10-21(18)20)26(32)34-16-23(30)28-13-11-19(12-14-28)25(31)33-3/h4-10,17,19,24H,11-16H2,1-3H3,(H,27,29)/t24-/m1/s1. The molecule has 0 radical (unpaired) electrons. The molecule has 0 aromatic heterocycles. The van der Waals surface area contributed by atoms with Gasteiger partial charge in [-0.3, -0.25) is 14.4 Å². The Bertz CT molecular complexity index is 1040. The van der Waals surface area contributed by atoms with E-state index in [1.54, 1.807) is 4.90 Å². The SMILES string of the molecule is COC(=O)C1CCN(C(=O)COC(=O)[C@H](NC(=O)Cc2cccc3ccccc23)C(C)C)CC1. The molecule has 0 aliphatic carbocycles. The zero-order chi connectivity index (χ0) is 24.7. The average molecular weight is 469 g/mol. The molecular weight excluding hydrogens is 436 g/mol. The number of esters is 2. The Balaban J connectivity index is 1.52. The summed E-state index contributed by atoms with van der Waals surface area (Å²) in [7, 11) is 1.35. The molecule has 1 heterocycles. The normalized spacial score (nSPS) is 15.1. The highest BCUT2D eigenvalue weighted by Crippen LogP contribution is 2.20. The van der Waals surface area contributed by atoms with Gasteiger partial charge < -0.3 is 19.7 Å². The Labute approximate surface area is 199 Å². The molecule has 8 heteroatoms. The van der Waals surface area contributed by atoms with Crippen LogP contribution in [0.4, 0.5) is 0 Å². The van der Waals surface area contributed by atoms with Gasteiger partial charge in [0.25, 0.3) is 5.91 Å². The second-order valence-corrected chi connectivity index (χ2v) is 8.89. The van der Waals surface area contributed by atoms with Gasteiger partial charge in [0, 0.05) is 13.1 Å². The molecule has 2 amide bonds. The highest BCUT2D eigenvalue weighted by molar-refractivity contribution is 5.92. The number of ether oxygens (including phenoxy) is 2. The Kier molecular flexibility index (Phi) is 8.62. The molecule has 8 nitrogen and oxygen atoms in total. The van der Waals surface area contributed by atoms with Crippen LogP contribution < -0.4 is 5.32 Å². The number of carbonyl (C=O) groups is 4. The summed E-state index contributed by atoms with van der Waals surface area (Å²) in [6, 6.07) is 12.7. The number of methoxy groups -OCH3 is 1. The quantitative estimate of drug-likeness (QED) is 0.597. The van der Waals surface area contributed by atoms with E-state index in [-0.39, 0.29) is 36.0 Å². The fourth-order valence-electron chi connectivity index (χ4n) is 4.19. The lowest BCUT2D eigenvalue weighted by molar-refractivity contribution is -0.156. The van der Waals surface area contributed by atoms with E-state index in [1.807, 2.05) is 56.3 Å². The lowest BCUT2D eigenvalue weighted by Gasteiger charge is -2.30. The summed E-state index contributed by atoms with van der Waals surface area (Å²) in [4.78, 5) is 51.1. The number of likely N-dealkylation sites (tertiary alicyclic amines) is 1. The molecule has 0 saturated carbocycles. The summed E-state index contributed by atoms with van der Waals surface area (Å²) in [6.07, 6.45) is 1.17. The lowest BCUT2D eigenvalue weighted by Crippen LogP contribution is -2.47. The highest BCUT2D eigenvalue weighted by atomic mass is 16.5. The van der Waals surface area contributed by atoms with Crippen molar-refractivity contribution < 1.29 is 28.7 Å². The predicted molar refractivity (Wildman–Crippen MR) is 127 cm³/mol. The number of rotatable bonds is 8. The van der Waals surface area contributed by atoms with E-state index in [1.165, 1.54) is 7.11 Å². The van der Waals surface area contributed by atoms with Crippen LogP contribution in [0.1, 0.15) is 32.3 Å². The number of amides is 2. The van der Waals surface area contributed by atoms with Crippen molar-refractivity contribution in [2.45, 2.75) is 39.2 Å². The first-order valence-corrected chi connectivity index (χ1v) is 11.6. The van der Waals surface area contributed by atoms with E-state index < -0.39 is 18.6 Å². The average Bonchev–Trinajstić information content (AvgIpc) is 2.85. The van der Waals surface area contributed by atoms with Crippen LogP contribution in [0, 0.1) is 11.8 Å². The summed E-state index contributed by atoms with van der Waals surface area (Å²) >= 11 is 0. The summed E-state index contributed by atoms with van der Waals surface area (Å²) in [5.41, 5.74) is 0.872. The fourth-order valence-corrected chi connectivity index (χ4v) is 4.19. The topological polar surface area (TPSA) is 102 Å². The molecule has 0 spiro atoms. The molecule has 1 aliphatic heterocycles. The van der Waals surface area contributed by atoms with Gasteiger partial charge in [-0.05, 0) is 35.1 Å². The molecule has 1 saturated heterocycles. The number of nitrogens with one attached hydrogen (secondary N) is 1. The van der Waals surface area contributed by atoms with Crippen molar-refractivity contribution in [3.05, 3.63) is 48.0 Å². The van der Waals surface area contributed by atoms with Gasteiger partial charge in [-0.15, -0.1) is 0 Å². The minimum atomic E-state index is -0.861. The van der Waals surface area contributed by atoms with Crippen molar-refractivity contribution in [1.29, 1.82) is 0 Å². The minimum absolute atomic E-state index is 0.131. The molecule has 0 unspecified atom stereocenters. The summed E-state index contributed by atoms with van der Waals surface area (Å²) in [5.74, 6) is -1.94. The number of hydrogen-bond acceptors (Lipinski definition) is 6. The van der Waals surface area contributed by atoms with Crippen molar-refractivity contribution in [2.75, 3.05) is 26.8 Å². The van der Waals surface area contributed by atoms with Crippen LogP contribution in [0.2, 0.25) is 0 Å². The lowest BCUT2D eigenvalue weighted by atomic mass is 9.97. The van der Waals surface area contributed by atoms with Gasteiger partial charge in [-0.1, -0.05) is 56.3 Å². The van der Waals surface area contributed by atoms with Gasteiger partial charge >= 0.3 is 11.9 Å². The first kappa shape index (κ1) is 25.2. The third-order valence-corrected chi connectivity index (χ3v) is 6.19. The van der Waals surface area contributed by atoms with Gasteiger partial charge in [0.2, 0.25) is 5.91 Å². The van der Waals surface area contributed by atoms with Crippen LogP contribution in [-0.4, -0.2) is 61.5 Å². The maximum Gasteiger partial charge on any atom is 0.329 e. The molecule has 1 N–H and O–H groups in total. The second-order valence-electron chi connectivity index (χ2n) is 8.89. The van der Waals surface area contributed by atoms with Crippen LogP contribution in [0.25, 0.3) is 10.8 Å². The van der Waals surface area contributed by atoms with Crippen LogP contribution in [0.15, 0.2) is 42.5 Å². The molecule has 3 rings (SSSR count). The van der Waals surface area contributed by atoms with E-state index in [2.05, 4.69) is 5.32 Å². The molecule has 1 fully saturated rings. The highest BCUT2D eigenvalue weighted by Gasteiger charge is 2.30. The van der Waals surface area contributed by atoms with Crippen LogP contribution in [-0.2, 0) is 35.1 Å². The van der Waals surface area contributed by atoms with Gasteiger partial charge in [-0.25, -0.2) is 4.79 Å². The van der Waals surface area contributed by atoms with Gasteiger partial charge in [0.05, 0.1) is 19.4 Å². The van der Waals surface area contributed by atoms with Crippen molar-refractivity contribution in [2.24, 2.45) is 11.8 Å². The molecule has 1 atom stereocenters. The van der Waals surface area contributed by atoms with E-state index in [9.17, 15) is 19.2 Å². The molecular formula is C26H32N2O6. The number of fused-ring (bicyclic) bond motifs is 1. The summed E-state index contributed by atoms with van der Waals surface area (Å²) in [5, 5.41) is 4.80. The maximum atomic E-state index is 12.7. The van der Waals surface area contributed by atoms with Crippen molar-refractivity contribution >= 4 is 34.5 Å². The Morgan fingerprint density at radius 2 is 1.71 bits per heavy atom. The summed E-state index contributed by atoms with van der Waals surface area (Å²) in [6.45, 7) is 4.04. The van der Waals surface area contributed by atoms with Gasteiger partial charge in [0.1, 0.15) is 6.04 Å². The predicted octanol–water partition coefficient (Wildman–Crippen LogP) is 2.48. The maximum absolute atomic E-state index is 12.7. The van der Waals surface area contributed by atoms with Crippen LogP contribution in [0.3, 0.4) is 0 Å². The first-order valence-electron chi connectivity index (χ1n) is 11.6. The first-order chi connectivity index (χ1) is 16.3. The third-order valence-electron chi connectivity index (χ3n) is 6.19. The van der Waals surface area contributed by atoms with Crippen molar-refractivity contribution in [3.8, 4) is 0 Å². The molecule has 34 heavy (non-hydrogen) atoms. The molecule has 1 aliphatic rings. The minimum Gasteiger partial charge on any atom is -0.469 e. The Morgan fingerprint density at radius 3 is 2.38 bits per heavy atom. The van der Waals surface area contributed by atoms with E-state index >= 15 is 0 Å². The Morgan fingerprint density at radius 1 is 1.03 bits per heavy atom. The van der Waals surface area contributed by atoms with Crippen LogP contribution >= 0.6 is 0 Å². The summed E-state index contributed by atoms with van der Waals surface area (Å²) < 4.78 is 10.0.